The predicted octanol–water partition coefficient (Wildman–Crippen LogP) is 2.41. The zero-order valence-corrected chi connectivity index (χ0v) is 18.4. The first-order valence-electron chi connectivity index (χ1n) is 10.5. The van der Waals surface area contributed by atoms with E-state index in [1.54, 1.807) is 11.3 Å². The molecule has 1 unspecified atom stereocenters. The third-order valence-electron chi connectivity index (χ3n) is 5.13. The van der Waals surface area contributed by atoms with Crippen LogP contribution in [0.1, 0.15) is 31.7 Å². The molecule has 2 aromatic rings. The van der Waals surface area contributed by atoms with E-state index in [-0.39, 0.29) is 0 Å². The van der Waals surface area contributed by atoms with Crippen molar-refractivity contribution >= 4 is 23.2 Å². The number of nitrogens with one attached hydrogen (secondary N) is 2. The van der Waals surface area contributed by atoms with Gasteiger partial charge in [-0.15, -0.1) is 0 Å². The molecule has 0 amide bonds. The highest BCUT2D eigenvalue weighted by atomic mass is 32.1. The Kier molecular flexibility index (Phi) is 8.70. The molecule has 0 spiro atoms. The molecule has 1 aliphatic rings. The maximum atomic E-state index is 4.76. The lowest BCUT2D eigenvalue weighted by Gasteiger charge is -2.34. The minimum Gasteiger partial charge on any atom is -0.357 e. The summed E-state index contributed by atoms with van der Waals surface area (Å²) >= 11 is 1.75. The van der Waals surface area contributed by atoms with Crippen molar-refractivity contribution in [3.63, 3.8) is 0 Å². The molecule has 8 heteroatoms. The molecule has 0 radical (unpaired) electrons. The summed E-state index contributed by atoms with van der Waals surface area (Å²) in [6.45, 7) is 12.1. The van der Waals surface area contributed by atoms with Crippen LogP contribution in [0.2, 0.25) is 0 Å². The van der Waals surface area contributed by atoms with Crippen LogP contribution in [0, 0.1) is 0 Å². The molecule has 1 aliphatic heterocycles. The van der Waals surface area contributed by atoms with Gasteiger partial charge in [-0.1, -0.05) is 6.92 Å². The first-order valence-corrected chi connectivity index (χ1v) is 11.5. The van der Waals surface area contributed by atoms with Crippen LogP contribution < -0.4 is 15.5 Å². The van der Waals surface area contributed by atoms with Gasteiger partial charge in [0.2, 0.25) is 5.95 Å². The van der Waals surface area contributed by atoms with Crippen molar-refractivity contribution in [2.45, 2.75) is 26.2 Å². The van der Waals surface area contributed by atoms with Gasteiger partial charge in [0.25, 0.3) is 0 Å². The lowest BCUT2D eigenvalue weighted by Crippen LogP contribution is -2.47. The summed E-state index contributed by atoms with van der Waals surface area (Å²) in [6.07, 6.45) is 4.72. The molecule has 0 aromatic carbocycles. The molecule has 29 heavy (non-hydrogen) atoms. The molecule has 158 valence electrons. The highest BCUT2D eigenvalue weighted by Gasteiger charge is 2.18. The predicted molar refractivity (Wildman–Crippen MR) is 122 cm³/mol. The minimum absolute atomic E-state index is 0.446. The van der Waals surface area contributed by atoms with Crippen molar-refractivity contribution in [2.75, 3.05) is 57.3 Å². The number of anilines is 1. The standard InChI is InChI=1S/C21H33N7S/c1-3-22-20(26-16-18(2)19-6-15-29-17-19)23-9-5-10-27-11-13-28(14-12-27)21-24-7-4-8-25-21/h4,6-8,15,17-18H,3,5,9-14,16H2,1-2H3,(H2,22,23,26). The third-order valence-corrected chi connectivity index (χ3v) is 5.83. The lowest BCUT2D eigenvalue weighted by molar-refractivity contribution is 0.254. The van der Waals surface area contributed by atoms with E-state index >= 15 is 0 Å². The maximum Gasteiger partial charge on any atom is 0.225 e. The molecule has 1 saturated heterocycles. The Balaban J connectivity index is 1.34. The summed E-state index contributed by atoms with van der Waals surface area (Å²) in [7, 11) is 0. The second-order valence-electron chi connectivity index (χ2n) is 7.34. The highest BCUT2D eigenvalue weighted by molar-refractivity contribution is 7.07. The van der Waals surface area contributed by atoms with Crippen LogP contribution in [-0.2, 0) is 0 Å². The van der Waals surface area contributed by atoms with Gasteiger partial charge in [0.15, 0.2) is 5.96 Å². The zero-order chi connectivity index (χ0) is 20.3. The first-order chi connectivity index (χ1) is 14.3. The number of guanidine groups is 1. The largest absolute Gasteiger partial charge is 0.357 e. The summed E-state index contributed by atoms with van der Waals surface area (Å²) in [5, 5.41) is 11.2. The van der Waals surface area contributed by atoms with E-state index in [1.165, 1.54) is 5.56 Å². The minimum atomic E-state index is 0.446. The van der Waals surface area contributed by atoms with Crippen molar-refractivity contribution in [3.05, 3.63) is 40.8 Å². The van der Waals surface area contributed by atoms with E-state index in [0.29, 0.717) is 5.92 Å². The number of aromatic nitrogens is 2. The Bertz CT molecular complexity index is 712. The van der Waals surface area contributed by atoms with Gasteiger partial charge in [-0.2, -0.15) is 11.3 Å². The van der Waals surface area contributed by atoms with E-state index in [9.17, 15) is 0 Å². The van der Waals surface area contributed by atoms with E-state index < -0.39 is 0 Å². The molecule has 1 atom stereocenters. The van der Waals surface area contributed by atoms with E-state index in [2.05, 4.69) is 61.1 Å². The number of rotatable bonds is 9. The fraction of sp³-hybridized carbons (Fsp3) is 0.571. The van der Waals surface area contributed by atoms with Gasteiger partial charge >= 0.3 is 0 Å². The number of nitrogens with zero attached hydrogens (tertiary/aromatic N) is 5. The third kappa shape index (κ3) is 6.97. The smallest absolute Gasteiger partial charge is 0.225 e. The number of hydrogen-bond acceptors (Lipinski definition) is 6. The second-order valence-corrected chi connectivity index (χ2v) is 8.12. The zero-order valence-electron chi connectivity index (χ0n) is 17.5. The Morgan fingerprint density at radius 1 is 1.21 bits per heavy atom. The van der Waals surface area contributed by atoms with E-state index in [4.69, 9.17) is 4.99 Å². The molecule has 0 bridgehead atoms. The number of hydrogen-bond donors (Lipinski definition) is 2. The second kappa shape index (κ2) is 11.7. The van der Waals surface area contributed by atoms with Crippen LogP contribution in [0.5, 0.6) is 0 Å². The normalized spacial score (nSPS) is 16.6. The average Bonchev–Trinajstić information content (AvgIpc) is 3.31. The van der Waals surface area contributed by atoms with E-state index in [1.807, 2.05) is 18.5 Å². The molecule has 2 N–H and O–H groups in total. The van der Waals surface area contributed by atoms with Gasteiger partial charge in [0, 0.05) is 64.1 Å². The van der Waals surface area contributed by atoms with Crippen molar-refractivity contribution in [2.24, 2.45) is 4.99 Å². The number of piperazine rings is 1. The molecule has 3 rings (SSSR count). The van der Waals surface area contributed by atoms with Crippen molar-refractivity contribution in [1.29, 1.82) is 0 Å². The summed E-state index contributed by atoms with van der Waals surface area (Å²) in [4.78, 5) is 18.2. The Morgan fingerprint density at radius 3 is 2.69 bits per heavy atom. The molecule has 3 heterocycles. The van der Waals surface area contributed by atoms with Crippen LogP contribution in [-0.4, -0.2) is 73.2 Å². The Labute approximate surface area is 178 Å². The Morgan fingerprint density at radius 2 is 2.00 bits per heavy atom. The Hall–Kier alpha value is -2.19. The monoisotopic (exact) mass is 415 g/mol. The van der Waals surface area contributed by atoms with Crippen molar-refractivity contribution in [3.8, 4) is 0 Å². The molecule has 0 aliphatic carbocycles. The topological polar surface area (TPSA) is 68.7 Å². The number of aliphatic imine (C=N–C) groups is 1. The van der Waals surface area contributed by atoms with Crippen molar-refractivity contribution < 1.29 is 0 Å². The molecule has 7 nitrogen and oxygen atoms in total. The van der Waals surface area contributed by atoms with Gasteiger partial charge in [-0.25, -0.2) is 9.97 Å². The number of thiophene rings is 1. The summed E-state index contributed by atoms with van der Waals surface area (Å²) in [5.41, 5.74) is 1.37. The highest BCUT2D eigenvalue weighted by Crippen LogP contribution is 2.18. The molecule has 2 aromatic heterocycles. The van der Waals surface area contributed by atoms with Crippen LogP contribution in [0.15, 0.2) is 40.3 Å². The summed E-state index contributed by atoms with van der Waals surface area (Å²) < 4.78 is 0. The van der Waals surface area contributed by atoms with Gasteiger partial charge < -0.3 is 15.5 Å². The fourth-order valence-electron chi connectivity index (χ4n) is 3.37. The quantitative estimate of drug-likeness (QED) is 0.372. The van der Waals surface area contributed by atoms with Gasteiger partial charge in [-0.3, -0.25) is 9.89 Å². The molecular formula is C21H33N7S. The van der Waals surface area contributed by atoms with Crippen LogP contribution in [0.3, 0.4) is 0 Å². The lowest BCUT2D eigenvalue weighted by atomic mass is 10.1. The first kappa shape index (κ1) is 21.5. The molecular weight excluding hydrogens is 382 g/mol. The summed E-state index contributed by atoms with van der Waals surface area (Å²) in [6, 6.07) is 4.05. The van der Waals surface area contributed by atoms with Crippen LogP contribution >= 0.6 is 11.3 Å². The van der Waals surface area contributed by atoms with Gasteiger partial charge in [-0.05, 0) is 48.3 Å². The molecule has 1 fully saturated rings. The van der Waals surface area contributed by atoms with Crippen molar-refractivity contribution in [1.82, 2.24) is 25.5 Å². The average molecular weight is 416 g/mol. The van der Waals surface area contributed by atoms with Gasteiger partial charge in [0.05, 0.1) is 0 Å². The SMILES string of the molecule is CCNC(=NCC(C)c1ccsc1)NCCCN1CCN(c2ncccn2)CC1. The van der Waals surface area contributed by atoms with Gasteiger partial charge in [0.1, 0.15) is 0 Å². The maximum absolute atomic E-state index is 4.76. The van der Waals surface area contributed by atoms with E-state index in [0.717, 1.165) is 70.7 Å². The van der Waals surface area contributed by atoms with Crippen LogP contribution in [0.4, 0.5) is 5.95 Å². The van der Waals surface area contributed by atoms with Crippen LogP contribution in [0.25, 0.3) is 0 Å². The molecule has 0 saturated carbocycles. The summed E-state index contributed by atoms with van der Waals surface area (Å²) in [5.74, 6) is 2.21. The fourth-order valence-corrected chi connectivity index (χ4v) is 4.15.